The number of hydrogen-bond donors (Lipinski definition) is 2. The highest BCUT2D eigenvalue weighted by molar-refractivity contribution is 6.32. The third-order valence-electron chi connectivity index (χ3n) is 3.72. The summed E-state index contributed by atoms with van der Waals surface area (Å²) in [7, 11) is 1.55. The predicted octanol–water partition coefficient (Wildman–Crippen LogP) is 2.72. The SMILES string of the molecule is CCC(O)Cc1c(CC(C)(C)C(N)=O)ccc(Cl)c1OC. The second kappa shape index (κ2) is 7.14. The Labute approximate surface area is 131 Å². The van der Waals surface area contributed by atoms with Gasteiger partial charge in [0.1, 0.15) is 5.75 Å². The van der Waals surface area contributed by atoms with Crippen molar-refractivity contribution < 1.29 is 14.6 Å². The third kappa shape index (κ3) is 4.35. The Morgan fingerprint density at radius 3 is 2.57 bits per heavy atom. The number of carbonyl (C=O) groups is 1. The zero-order valence-electron chi connectivity index (χ0n) is 13.1. The van der Waals surface area contributed by atoms with Crippen LogP contribution in [-0.4, -0.2) is 24.2 Å². The van der Waals surface area contributed by atoms with E-state index in [1.54, 1.807) is 27.0 Å². The molecule has 0 fully saturated rings. The lowest BCUT2D eigenvalue weighted by atomic mass is 9.82. The molecule has 0 aromatic heterocycles. The van der Waals surface area contributed by atoms with Crippen LogP contribution in [0.5, 0.6) is 5.75 Å². The molecule has 4 nitrogen and oxygen atoms in total. The lowest BCUT2D eigenvalue weighted by Crippen LogP contribution is -2.33. The van der Waals surface area contributed by atoms with Crippen molar-refractivity contribution in [1.29, 1.82) is 0 Å². The van der Waals surface area contributed by atoms with Gasteiger partial charge in [-0.25, -0.2) is 0 Å². The molecule has 0 spiro atoms. The normalized spacial score (nSPS) is 13.0. The molecule has 118 valence electrons. The fraction of sp³-hybridized carbons (Fsp3) is 0.562. The van der Waals surface area contributed by atoms with E-state index in [0.717, 1.165) is 11.1 Å². The van der Waals surface area contributed by atoms with Crippen molar-refractivity contribution >= 4 is 17.5 Å². The molecular weight excluding hydrogens is 290 g/mol. The van der Waals surface area contributed by atoms with Gasteiger partial charge >= 0.3 is 0 Å². The molecule has 0 saturated carbocycles. The first-order chi connectivity index (χ1) is 9.72. The zero-order valence-corrected chi connectivity index (χ0v) is 13.8. The lowest BCUT2D eigenvalue weighted by molar-refractivity contribution is -0.125. The summed E-state index contributed by atoms with van der Waals surface area (Å²) in [6.45, 7) is 5.52. The van der Waals surface area contributed by atoms with Gasteiger partial charge in [0.05, 0.1) is 18.2 Å². The quantitative estimate of drug-likeness (QED) is 0.813. The number of ether oxygens (including phenoxy) is 1. The molecule has 0 bridgehead atoms. The summed E-state index contributed by atoms with van der Waals surface area (Å²) in [4.78, 5) is 11.6. The fourth-order valence-electron chi connectivity index (χ4n) is 2.19. The minimum atomic E-state index is -0.676. The monoisotopic (exact) mass is 313 g/mol. The van der Waals surface area contributed by atoms with Crippen LogP contribution >= 0.6 is 11.6 Å². The van der Waals surface area contributed by atoms with Crippen LogP contribution in [0.25, 0.3) is 0 Å². The van der Waals surface area contributed by atoms with Crippen molar-refractivity contribution in [3.05, 3.63) is 28.3 Å². The maximum Gasteiger partial charge on any atom is 0.223 e. The Morgan fingerprint density at radius 2 is 2.10 bits per heavy atom. The number of nitrogens with two attached hydrogens (primary N) is 1. The molecule has 0 heterocycles. The van der Waals surface area contributed by atoms with E-state index in [1.807, 2.05) is 13.0 Å². The highest BCUT2D eigenvalue weighted by Crippen LogP contribution is 2.35. The Bertz CT molecular complexity index is 514. The van der Waals surface area contributed by atoms with Crippen molar-refractivity contribution in [2.45, 2.75) is 46.1 Å². The predicted molar refractivity (Wildman–Crippen MR) is 84.7 cm³/mol. The molecule has 5 heteroatoms. The number of rotatable bonds is 7. The van der Waals surface area contributed by atoms with Gasteiger partial charge in [-0.2, -0.15) is 0 Å². The number of carbonyl (C=O) groups excluding carboxylic acids is 1. The van der Waals surface area contributed by atoms with E-state index < -0.39 is 11.5 Å². The van der Waals surface area contributed by atoms with Crippen molar-refractivity contribution in [1.82, 2.24) is 0 Å². The summed E-state index contributed by atoms with van der Waals surface area (Å²) in [5, 5.41) is 10.5. The molecule has 0 aliphatic heterocycles. The average molecular weight is 314 g/mol. The molecule has 21 heavy (non-hydrogen) atoms. The van der Waals surface area contributed by atoms with Crippen LogP contribution in [0, 0.1) is 5.41 Å². The first-order valence-corrected chi connectivity index (χ1v) is 7.43. The van der Waals surface area contributed by atoms with E-state index in [2.05, 4.69) is 0 Å². The Kier molecular flexibility index (Phi) is 6.05. The molecule has 0 aliphatic carbocycles. The second-order valence-electron chi connectivity index (χ2n) is 5.91. The van der Waals surface area contributed by atoms with Gasteiger partial charge in [0.2, 0.25) is 5.91 Å². The number of primary amides is 1. The zero-order chi connectivity index (χ0) is 16.2. The first kappa shape index (κ1) is 17.8. The summed E-state index contributed by atoms with van der Waals surface area (Å²) >= 11 is 6.16. The van der Waals surface area contributed by atoms with Crippen LogP contribution in [0.2, 0.25) is 5.02 Å². The molecule has 0 aliphatic rings. The van der Waals surface area contributed by atoms with E-state index in [1.165, 1.54) is 0 Å². The van der Waals surface area contributed by atoms with Gasteiger partial charge in [-0.3, -0.25) is 4.79 Å². The molecule has 1 atom stereocenters. The smallest absolute Gasteiger partial charge is 0.223 e. The van der Waals surface area contributed by atoms with Gasteiger partial charge < -0.3 is 15.6 Å². The van der Waals surface area contributed by atoms with E-state index in [9.17, 15) is 9.90 Å². The number of benzene rings is 1. The van der Waals surface area contributed by atoms with Gasteiger partial charge in [0.25, 0.3) is 0 Å². The number of methoxy groups -OCH3 is 1. The molecule has 1 amide bonds. The standard InChI is InChI=1S/C16H24ClNO3/c1-5-11(19)8-12-10(9-16(2,3)15(18)20)6-7-13(17)14(12)21-4/h6-7,11,19H,5,8-9H2,1-4H3,(H2,18,20). The second-order valence-corrected chi connectivity index (χ2v) is 6.32. The number of aliphatic hydroxyl groups excluding tert-OH is 1. The van der Waals surface area contributed by atoms with Gasteiger partial charge in [0, 0.05) is 17.4 Å². The summed E-state index contributed by atoms with van der Waals surface area (Å²) < 4.78 is 5.38. The van der Waals surface area contributed by atoms with Crippen LogP contribution in [0.3, 0.4) is 0 Å². The molecule has 3 N–H and O–H groups in total. The van der Waals surface area contributed by atoms with Crippen molar-refractivity contribution in [2.24, 2.45) is 11.1 Å². The number of aliphatic hydroxyl groups is 1. The highest BCUT2D eigenvalue weighted by atomic mass is 35.5. The molecule has 1 aromatic rings. The van der Waals surface area contributed by atoms with Crippen molar-refractivity contribution in [3.63, 3.8) is 0 Å². The van der Waals surface area contributed by atoms with Crippen LogP contribution < -0.4 is 10.5 Å². The Morgan fingerprint density at radius 1 is 1.48 bits per heavy atom. The molecule has 1 aromatic carbocycles. The van der Waals surface area contributed by atoms with Gasteiger partial charge in [-0.1, -0.05) is 38.4 Å². The number of halogens is 1. The first-order valence-electron chi connectivity index (χ1n) is 7.05. The van der Waals surface area contributed by atoms with Crippen LogP contribution in [-0.2, 0) is 17.6 Å². The topological polar surface area (TPSA) is 72.5 Å². The van der Waals surface area contributed by atoms with Gasteiger partial charge in [-0.15, -0.1) is 0 Å². The third-order valence-corrected chi connectivity index (χ3v) is 4.02. The van der Waals surface area contributed by atoms with Crippen LogP contribution in [0.1, 0.15) is 38.3 Å². The molecule has 1 rings (SSSR count). The number of hydrogen-bond acceptors (Lipinski definition) is 3. The lowest BCUT2D eigenvalue weighted by Gasteiger charge is -2.24. The van der Waals surface area contributed by atoms with Crippen molar-refractivity contribution in [2.75, 3.05) is 7.11 Å². The minimum Gasteiger partial charge on any atom is -0.495 e. The molecule has 1 unspecified atom stereocenters. The highest BCUT2D eigenvalue weighted by Gasteiger charge is 2.28. The maximum atomic E-state index is 11.6. The van der Waals surface area contributed by atoms with E-state index in [0.29, 0.717) is 30.0 Å². The molecule has 0 saturated heterocycles. The number of amides is 1. The molecular formula is C16H24ClNO3. The fourth-order valence-corrected chi connectivity index (χ4v) is 2.45. The summed E-state index contributed by atoms with van der Waals surface area (Å²) in [5.74, 6) is 0.195. The average Bonchev–Trinajstić information content (AvgIpc) is 2.41. The van der Waals surface area contributed by atoms with Crippen LogP contribution in [0.4, 0.5) is 0 Å². The van der Waals surface area contributed by atoms with Crippen molar-refractivity contribution in [3.8, 4) is 5.75 Å². The Balaban J connectivity index is 3.27. The van der Waals surface area contributed by atoms with Gasteiger partial charge in [0.15, 0.2) is 0 Å². The van der Waals surface area contributed by atoms with E-state index in [-0.39, 0.29) is 5.91 Å². The minimum absolute atomic E-state index is 0.363. The maximum absolute atomic E-state index is 11.6. The largest absolute Gasteiger partial charge is 0.495 e. The summed E-state index contributed by atoms with van der Waals surface area (Å²) in [6.07, 6.45) is 1.06. The van der Waals surface area contributed by atoms with E-state index >= 15 is 0 Å². The summed E-state index contributed by atoms with van der Waals surface area (Å²) in [5.41, 5.74) is 6.54. The summed E-state index contributed by atoms with van der Waals surface area (Å²) in [6, 6.07) is 3.61. The molecule has 0 radical (unpaired) electrons. The van der Waals surface area contributed by atoms with Crippen LogP contribution in [0.15, 0.2) is 12.1 Å². The van der Waals surface area contributed by atoms with E-state index in [4.69, 9.17) is 22.1 Å². The Hall–Kier alpha value is -1.26. The van der Waals surface area contributed by atoms with Gasteiger partial charge in [-0.05, 0) is 24.5 Å².